The van der Waals surface area contributed by atoms with Crippen LogP contribution in [0.2, 0.25) is 0 Å². The van der Waals surface area contributed by atoms with Crippen LogP contribution in [0.5, 0.6) is 11.5 Å². The number of rotatable bonds is 8. The standard InChI is InChI=1S/C22H29N5O4/c1-30-19-8-5-7-17(20(19)31-2)22(29)27-12-4-3-6-16(27)11-13-26-14-18(24-25-26)21(28)23-15-9-10-15/h5,7-8,14-16H,3-4,6,9-13H2,1-2H3,(H,23,28). The second-order valence-electron chi connectivity index (χ2n) is 8.09. The summed E-state index contributed by atoms with van der Waals surface area (Å²) in [7, 11) is 3.11. The summed E-state index contributed by atoms with van der Waals surface area (Å²) in [6, 6.07) is 5.73. The minimum Gasteiger partial charge on any atom is -0.493 e. The summed E-state index contributed by atoms with van der Waals surface area (Å²) in [5.41, 5.74) is 0.845. The number of hydrogen-bond donors (Lipinski definition) is 1. The van der Waals surface area contributed by atoms with Crippen molar-refractivity contribution < 1.29 is 19.1 Å². The molecule has 0 bridgehead atoms. The van der Waals surface area contributed by atoms with Crippen molar-refractivity contribution in [3.05, 3.63) is 35.7 Å². The molecule has 9 nitrogen and oxygen atoms in total. The lowest BCUT2D eigenvalue weighted by Crippen LogP contribution is -2.44. The SMILES string of the molecule is COc1cccc(C(=O)N2CCCCC2CCn2cc(C(=O)NC3CC3)nn2)c1OC. The van der Waals surface area contributed by atoms with Gasteiger partial charge in [-0.15, -0.1) is 5.10 Å². The molecule has 0 radical (unpaired) electrons. The molecule has 1 aliphatic heterocycles. The molecule has 1 unspecified atom stereocenters. The fourth-order valence-corrected chi connectivity index (χ4v) is 4.06. The molecule has 31 heavy (non-hydrogen) atoms. The first-order valence-corrected chi connectivity index (χ1v) is 10.8. The van der Waals surface area contributed by atoms with Crippen LogP contribution in [-0.2, 0) is 6.54 Å². The molecule has 0 spiro atoms. The third-order valence-electron chi connectivity index (χ3n) is 5.90. The van der Waals surface area contributed by atoms with Gasteiger partial charge in [0, 0.05) is 25.2 Å². The highest BCUT2D eigenvalue weighted by atomic mass is 16.5. The van der Waals surface area contributed by atoms with Gasteiger partial charge in [0.1, 0.15) is 0 Å². The molecule has 4 rings (SSSR count). The van der Waals surface area contributed by atoms with Crippen LogP contribution in [0, 0.1) is 0 Å². The van der Waals surface area contributed by atoms with E-state index in [1.54, 1.807) is 43.3 Å². The predicted octanol–water partition coefficient (Wildman–Crippen LogP) is 2.27. The summed E-state index contributed by atoms with van der Waals surface area (Å²) < 4.78 is 12.5. The molecule has 1 atom stereocenters. The van der Waals surface area contributed by atoms with Crippen molar-refractivity contribution in [2.45, 2.75) is 57.2 Å². The highest BCUT2D eigenvalue weighted by Crippen LogP contribution is 2.33. The third kappa shape index (κ3) is 4.81. The van der Waals surface area contributed by atoms with Crippen LogP contribution in [-0.4, -0.2) is 64.6 Å². The monoisotopic (exact) mass is 427 g/mol. The Hall–Kier alpha value is -3.10. The van der Waals surface area contributed by atoms with Gasteiger partial charge in [-0.2, -0.15) is 0 Å². The molecule has 166 valence electrons. The van der Waals surface area contributed by atoms with E-state index in [9.17, 15) is 9.59 Å². The van der Waals surface area contributed by atoms with Gasteiger partial charge in [0.25, 0.3) is 11.8 Å². The van der Waals surface area contributed by atoms with Gasteiger partial charge in [-0.05, 0) is 50.7 Å². The molecule has 1 aromatic carbocycles. The molecule has 2 aliphatic rings. The Labute approximate surface area is 181 Å². The number of amides is 2. The van der Waals surface area contributed by atoms with Gasteiger partial charge in [-0.1, -0.05) is 11.3 Å². The van der Waals surface area contributed by atoms with Crippen molar-refractivity contribution in [2.24, 2.45) is 0 Å². The zero-order valence-electron chi connectivity index (χ0n) is 18.0. The largest absolute Gasteiger partial charge is 0.493 e. The molecule has 1 saturated carbocycles. The molecular weight excluding hydrogens is 398 g/mol. The Bertz CT molecular complexity index is 940. The second-order valence-corrected chi connectivity index (χ2v) is 8.09. The zero-order valence-corrected chi connectivity index (χ0v) is 18.0. The molecule has 1 aliphatic carbocycles. The molecule has 1 N–H and O–H groups in total. The van der Waals surface area contributed by atoms with Crippen molar-refractivity contribution >= 4 is 11.8 Å². The molecule has 1 saturated heterocycles. The van der Waals surface area contributed by atoms with E-state index in [-0.39, 0.29) is 23.9 Å². The van der Waals surface area contributed by atoms with Crippen LogP contribution in [0.4, 0.5) is 0 Å². The topological polar surface area (TPSA) is 98.6 Å². The Morgan fingerprint density at radius 1 is 1.16 bits per heavy atom. The number of para-hydroxylation sites is 1. The molecule has 2 fully saturated rings. The van der Waals surface area contributed by atoms with E-state index in [0.29, 0.717) is 35.8 Å². The van der Waals surface area contributed by atoms with Gasteiger partial charge in [0.05, 0.1) is 26.0 Å². The first-order chi connectivity index (χ1) is 15.1. The number of piperidine rings is 1. The Kier molecular flexibility index (Phi) is 6.39. The number of likely N-dealkylation sites (tertiary alicyclic amines) is 1. The van der Waals surface area contributed by atoms with Crippen molar-refractivity contribution in [1.29, 1.82) is 0 Å². The maximum absolute atomic E-state index is 13.4. The maximum Gasteiger partial charge on any atom is 0.273 e. The first kappa shape index (κ1) is 21.1. The van der Waals surface area contributed by atoms with E-state index in [1.807, 2.05) is 4.90 Å². The van der Waals surface area contributed by atoms with Gasteiger partial charge < -0.3 is 19.7 Å². The van der Waals surface area contributed by atoms with E-state index >= 15 is 0 Å². The summed E-state index contributed by atoms with van der Waals surface area (Å²) >= 11 is 0. The summed E-state index contributed by atoms with van der Waals surface area (Å²) in [6.07, 6.45) is 7.47. The highest BCUT2D eigenvalue weighted by molar-refractivity contribution is 5.98. The molecule has 2 amide bonds. The van der Waals surface area contributed by atoms with Crippen LogP contribution in [0.3, 0.4) is 0 Å². The van der Waals surface area contributed by atoms with Crippen molar-refractivity contribution in [1.82, 2.24) is 25.2 Å². The van der Waals surface area contributed by atoms with Gasteiger partial charge in [-0.3, -0.25) is 14.3 Å². The number of carbonyl (C=O) groups is 2. The van der Waals surface area contributed by atoms with E-state index in [2.05, 4.69) is 15.6 Å². The van der Waals surface area contributed by atoms with Crippen molar-refractivity contribution in [3.63, 3.8) is 0 Å². The molecule has 2 heterocycles. The van der Waals surface area contributed by atoms with E-state index in [1.165, 1.54) is 0 Å². The number of ether oxygens (including phenoxy) is 2. The molecular formula is C22H29N5O4. The quantitative estimate of drug-likeness (QED) is 0.694. The lowest BCUT2D eigenvalue weighted by Gasteiger charge is -2.36. The lowest BCUT2D eigenvalue weighted by atomic mass is 9.98. The number of aryl methyl sites for hydroxylation is 1. The fourth-order valence-electron chi connectivity index (χ4n) is 4.06. The zero-order chi connectivity index (χ0) is 21.8. The number of nitrogens with zero attached hydrogens (tertiary/aromatic N) is 4. The Morgan fingerprint density at radius 3 is 2.74 bits per heavy atom. The second kappa shape index (κ2) is 9.36. The van der Waals surface area contributed by atoms with Crippen LogP contribution in [0.15, 0.2) is 24.4 Å². The van der Waals surface area contributed by atoms with Gasteiger partial charge in [0.2, 0.25) is 0 Å². The van der Waals surface area contributed by atoms with Crippen molar-refractivity contribution in [3.8, 4) is 11.5 Å². The number of nitrogens with one attached hydrogen (secondary N) is 1. The number of benzene rings is 1. The van der Waals surface area contributed by atoms with E-state index in [4.69, 9.17) is 9.47 Å². The summed E-state index contributed by atoms with van der Waals surface area (Å²) in [5, 5.41) is 11.0. The average molecular weight is 428 g/mol. The van der Waals surface area contributed by atoms with Crippen molar-refractivity contribution in [2.75, 3.05) is 20.8 Å². The Morgan fingerprint density at radius 2 is 2.00 bits per heavy atom. The van der Waals surface area contributed by atoms with Gasteiger partial charge in [0.15, 0.2) is 17.2 Å². The predicted molar refractivity (Wildman–Crippen MR) is 113 cm³/mol. The highest BCUT2D eigenvalue weighted by Gasteiger charge is 2.30. The minimum absolute atomic E-state index is 0.0523. The van der Waals surface area contributed by atoms with Gasteiger partial charge >= 0.3 is 0 Å². The summed E-state index contributed by atoms with van der Waals surface area (Å²) in [4.78, 5) is 27.4. The normalized spacial score (nSPS) is 18.5. The number of methoxy groups -OCH3 is 2. The molecule has 1 aromatic heterocycles. The van der Waals surface area contributed by atoms with Crippen LogP contribution in [0.1, 0.15) is 59.4 Å². The molecule has 9 heteroatoms. The van der Waals surface area contributed by atoms with E-state index in [0.717, 1.165) is 38.5 Å². The third-order valence-corrected chi connectivity index (χ3v) is 5.90. The lowest BCUT2D eigenvalue weighted by molar-refractivity contribution is 0.0589. The van der Waals surface area contributed by atoms with Gasteiger partial charge in [-0.25, -0.2) is 0 Å². The average Bonchev–Trinajstić information content (AvgIpc) is 3.49. The number of carbonyl (C=O) groups excluding carboxylic acids is 2. The number of hydrogen-bond acceptors (Lipinski definition) is 6. The summed E-state index contributed by atoms with van der Waals surface area (Å²) in [5.74, 6) is 0.778. The fraction of sp³-hybridized carbons (Fsp3) is 0.545. The first-order valence-electron chi connectivity index (χ1n) is 10.8. The maximum atomic E-state index is 13.4. The van der Waals surface area contributed by atoms with Crippen LogP contribution in [0.25, 0.3) is 0 Å². The van der Waals surface area contributed by atoms with E-state index < -0.39 is 0 Å². The number of aromatic nitrogens is 3. The minimum atomic E-state index is -0.173. The Balaban J connectivity index is 1.43. The summed E-state index contributed by atoms with van der Waals surface area (Å²) in [6.45, 7) is 1.30. The molecule has 2 aromatic rings. The smallest absolute Gasteiger partial charge is 0.273 e. The van der Waals surface area contributed by atoms with Crippen LogP contribution < -0.4 is 14.8 Å². The van der Waals surface area contributed by atoms with Crippen LogP contribution >= 0.6 is 0 Å².